The van der Waals surface area contributed by atoms with E-state index in [0.717, 1.165) is 86.3 Å². The van der Waals surface area contributed by atoms with Gasteiger partial charge in [0.1, 0.15) is 17.3 Å². The highest BCUT2D eigenvalue weighted by molar-refractivity contribution is 5.86. The number of hydrogen-bond donors (Lipinski definition) is 4. The Morgan fingerprint density at radius 2 is 1.83 bits per heavy atom. The maximum atomic E-state index is 10.3. The summed E-state index contributed by atoms with van der Waals surface area (Å²) in [6.45, 7) is 15.3. The first kappa shape index (κ1) is 37.3. The van der Waals surface area contributed by atoms with E-state index < -0.39 is 0 Å². The Kier molecular flexibility index (Phi) is 10.9. The number of fused-ring (bicyclic) bond motifs is 1. The van der Waals surface area contributed by atoms with Crippen LogP contribution in [0.4, 0.5) is 17.6 Å². The maximum absolute atomic E-state index is 10.3. The quantitative estimate of drug-likeness (QED) is 0.142. The Bertz CT molecular complexity index is 1910. The fourth-order valence-corrected chi connectivity index (χ4v) is 8.55. The van der Waals surface area contributed by atoms with Gasteiger partial charge >= 0.3 is 0 Å². The number of carbonyl (C=O) groups excluding carboxylic acids is 1. The minimum absolute atomic E-state index is 0.145. The summed E-state index contributed by atoms with van der Waals surface area (Å²) in [5.41, 5.74) is 18.6. The number of piperidine rings is 1. The molecule has 1 saturated carbocycles. The van der Waals surface area contributed by atoms with Crippen LogP contribution in [0.3, 0.4) is 0 Å². The minimum atomic E-state index is 0.145. The summed E-state index contributed by atoms with van der Waals surface area (Å²) >= 11 is 0. The van der Waals surface area contributed by atoms with Crippen LogP contribution in [0.5, 0.6) is 5.75 Å². The van der Waals surface area contributed by atoms with Crippen LogP contribution in [0.1, 0.15) is 98.9 Å². The number of likely N-dealkylation sites (tertiary alicyclic amines) is 1. The number of aromatic hydroxyl groups is 1. The summed E-state index contributed by atoms with van der Waals surface area (Å²) in [7, 11) is 0. The first-order valence-corrected chi connectivity index (χ1v) is 19.4. The molecule has 1 aliphatic carbocycles. The zero-order chi connectivity index (χ0) is 38.0. The van der Waals surface area contributed by atoms with Gasteiger partial charge in [0.05, 0.1) is 6.61 Å². The third-order valence-corrected chi connectivity index (χ3v) is 12.1. The van der Waals surface area contributed by atoms with Gasteiger partial charge in [-0.25, -0.2) is 9.97 Å². The molecule has 6 N–H and O–H groups in total. The highest BCUT2D eigenvalue weighted by atomic mass is 16.5. The highest BCUT2D eigenvalue weighted by Crippen LogP contribution is 2.52. The average Bonchev–Trinajstić information content (AvgIpc) is 3.75. The summed E-state index contributed by atoms with van der Waals surface area (Å²) < 4.78 is 9.83. The van der Waals surface area contributed by atoms with Crippen LogP contribution in [0.25, 0.3) is 11.8 Å². The fraction of sp³-hybridized carbons (Fsp3) is 0.512. The summed E-state index contributed by atoms with van der Waals surface area (Å²) in [6.07, 6.45) is 11.6. The fourth-order valence-electron chi connectivity index (χ4n) is 8.55. The third-order valence-electron chi connectivity index (χ3n) is 12.1. The number of phenols is 1. The van der Waals surface area contributed by atoms with Crippen LogP contribution in [-0.4, -0.2) is 82.0 Å². The predicted molar refractivity (Wildman–Crippen MR) is 211 cm³/mol. The van der Waals surface area contributed by atoms with Gasteiger partial charge in [-0.1, -0.05) is 38.1 Å². The zero-order valence-electron chi connectivity index (χ0n) is 32.0. The summed E-state index contributed by atoms with van der Waals surface area (Å²) in [5, 5.41) is 14.7. The van der Waals surface area contributed by atoms with Gasteiger partial charge in [-0.15, -0.1) is 0 Å². The normalized spacial score (nSPS) is 19.5. The number of benzene rings is 1. The number of para-hydroxylation sites is 1. The molecule has 1 unspecified atom stereocenters. The smallest absolute Gasteiger partial charge is 0.293 e. The number of phenolic OH excluding ortho intramolecular Hbond substituents is 1. The molecule has 6 heterocycles. The molecule has 288 valence electrons. The monoisotopic (exact) mass is 737 g/mol. The summed E-state index contributed by atoms with van der Waals surface area (Å²) in [4.78, 5) is 29.5. The topological polar surface area (TPSA) is 176 Å². The van der Waals surface area contributed by atoms with Crippen LogP contribution < -0.4 is 21.3 Å². The van der Waals surface area contributed by atoms with Crippen molar-refractivity contribution in [3.05, 3.63) is 76.4 Å². The molecule has 1 spiro atoms. The SMILES string of the molecule is CC(C)C(C)c1cc(N2CC3(CC(N4CCC(c5cnc(N6CCc7[nH]c(N)c(/C=C(\N)c8ccccc8O)c7C6)nc5)CC4)C3)C2)no1.CCOC=O. The van der Waals surface area contributed by atoms with Gasteiger partial charge in [0.15, 0.2) is 5.82 Å². The van der Waals surface area contributed by atoms with Gasteiger partial charge in [-0.05, 0) is 81.3 Å². The second-order valence-corrected chi connectivity index (χ2v) is 15.9. The molecule has 0 bridgehead atoms. The molecule has 13 heteroatoms. The van der Waals surface area contributed by atoms with Crippen molar-refractivity contribution >= 4 is 35.8 Å². The molecule has 3 aromatic heterocycles. The number of nitrogens with two attached hydrogens (primary N) is 2. The van der Waals surface area contributed by atoms with Crippen molar-refractivity contribution in [2.24, 2.45) is 17.1 Å². The lowest BCUT2D eigenvalue weighted by Gasteiger charge is -2.61. The molecular formula is C41H55N9O4. The number of hydrogen-bond acceptors (Lipinski definition) is 12. The van der Waals surface area contributed by atoms with Crippen LogP contribution >= 0.6 is 0 Å². The second kappa shape index (κ2) is 15.7. The number of carbonyl (C=O) groups is 1. The molecule has 1 aromatic carbocycles. The first-order valence-electron chi connectivity index (χ1n) is 19.4. The standard InChI is InChI=1S/C38H49N9O2.C3H6O2/c1-23(2)24(3)34-15-35(44-49-34)47-21-38(22-47)16-27(17-38)45-11-8-25(9-12-45)26-18-41-37(42-19-26)46-13-10-32-30(20-46)29(36(40)43-32)14-31(39)28-6-4-5-7-33(28)48;1-2-5-3-4/h4-7,14-15,18-19,23-25,27,43,48H,8-13,16-17,20-22,39-40H2,1-3H3;3H,2H2,1H3/b31-14-;. The molecule has 3 aliphatic heterocycles. The van der Waals surface area contributed by atoms with Crippen molar-refractivity contribution in [2.45, 2.75) is 84.2 Å². The van der Waals surface area contributed by atoms with Crippen LogP contribution in [0, 0.1) is 11.3 Å². The molecule has 3 fully saturated rings. The van der Waals surface area contributed by atoms with Crippen molar-refractivity contribution in [3.8, 4) is 5.75 Å². The Labute approximate surface area is 317 Å². The molecule has 2 saturated heterocycles. The molecular weight excluding hydrogens is 683 g/mol. The minimum Gasteiger partial charge on any atom is -0.507 e. The molecule has 4 aromatic rings. The van der Waals surface area contributed by atoms with Gasteiger partial charge in [-0.2, -0.15) is 0 Å². The number of nitrogens with zero attached hydrogens (tertiary/aromatic N) is 6. The van der Waals surface area contributed by atoms with Gasteiger partial charge in [0.2, 0.25) is 5.95 Å². The van der Waals surface area contributed by atoms with Crippen molar-refractivity contribution < 1.29 is 19.2 Å². The molecule has 0 radical (unpaired) electrons. The molecule has 4 aliphatic rings. The van der Waals surface area contributed by atoms with E-state index in [9.17, 15) is 9.90 Å². The van der Waals surface area contributed by atoms with Crippen LogP contribution in [0.15, 0.2) is 47.2 Å². The van der Waals surface area contributed by atoms with E-state index in [2.05, 4.69) is 56.4 Å². The first-order chi connectivity index (χ1) is 26.1. The molecule has 1 atom stereocenters. The van der Waals surface area contributed by atoms with Crippen molar-refractivity contribution in [1.29, 1.82) is 0 Å². The van der Waals surface area contributed by atoms with E-state index in [1.807, 2.05) is 24.5 Å². The average molecular weight is 738 g/mol. The van der Waals surface area contributed by atoms with Gasteiger partial charge in [0, 0.05) is 96.5 Å². The summed E-state index contributed by atoms with van der Waals surface area (Å²) in [5.74, 6) is 4.91. The number of aromatic nitrogens is 4. The molecule has 8 rings (SSSR count). The Hall–Kier alpha value is -5.04. The molecule has 13 nitrogen and oxygen atoms in total. The van der Waals surface area contributed by atoms with E-state index >= 15 is 0 Å². The van der Waals surface area contributed by atoms with E-state index in [4.69, 9.17) is 26.0 Å². The number of aromatic amines is 1. The molecule has 54 heavy (non-hydrogen) atoms. The number of H-pyrrole nitrogens is 1. The van der Waals surface area contributed by atoms with Crippen LogP contribution in [-0.2, 0) is 22.5 Å². The lowest BCUT2D eigenvalue weighted by atomic mass is 9.60. The number of rotatable bonds is 10. The van der Waals surface area contributed by atoms with E-state index in [-0.39, 0.29) is 5.75 Å². The predicted octanol–water partition coefficient (Wildman–Crippen LogP) is 5.89. The van der Waals surface area contributed by atoms with E-state index in [1.54, 1.807) is 25.1 Å². The number of nitrogens with one attached hydrogen (secondary N) is 1. The van der Waals surface area contributed by atoms with Crippen molar-refractivity contribution in [1.82, 2.24) is 25.0 Å². The largest absolute Gasteiger partial charge is 0.507 e. The number of ether oxygens (including phenoxy) is 1. The van der Waals surface area contributed by atoms with Gasteiger partial charge in [0.25, 0.3) is 6.47 Å². The maximum Gasteiger partial charge on any atom is 0.293 e. The number of nitrogen functional groups attached to an aromatic ring is 1. The highest BCUT2D eigenvalue weighted by Gasteiger charge is 2.54. The Morgan fingerprint density at radius 1 is 1.11 bits per heavy atom. The molecule has 0 amide bonds. The van der Waals surface area contributed by atoms with E-state index in [1.165, 1.54) is 18.4 Å². The summed E-state index contributed by atoms with van der Waals surface area (Å²) in [6, 6.07) is 9.93. The Balaban J connectivity index is 0.000000846. The van der Waals surface area contributed by atoms with Crippen molar-refractivity contribution in [3.63, 3.8) is 0 Å². The van der Waals surface area contributed by atoms with Gasteiger partial charge < -0.3 is 45.5 Å². The lowest BCUT2D eigenvalue weighted by molar-refractivity contribution is -0.128. The van der Waals surface area contributed by atoms with Gasteiger partial charge in [-0.3, -0.25) is 4.79 Å². The lowest BCUT2D eigenvalue weighted by Crippen LogP contribution is -2.67. The van der Waals surface area contributed by atoms with E-state index in [0.29, 0.717) is 65.9 Å². The zero-order valence-corrected chi connectivity index (χ0v) is 32.0. The Morgan fingerprint density at radius 3 is 2.48 bits per heavy atom. The third kappa shape index (κ3) is 7.64. The number of anilines is 3. The van der Waals surface area contributed by atoms with Crippen molar-refractivity contribution in [2.75, 3.05) is 54.9 Å². The van der Waals surface area contributed by atoms with Crippen LogP contribution in [0.2, 0.25) is 0 Å². The second-order valence-electron chi connectivity index (χ2n) is 15.9.